The molecular weight excluding hydrogens is 745 g/mol. The molecule has 0 saturated carbocycles. The maximum atomic E-state index is 12.7. The molecule has 0 bridgehead atoms. The van der Waals surface area contributed by atoms with E-state index >= 15 is 0 Å². The first-order valence-electron chi connectivity index (χ1n) is 22.5. The van der Waals surface area contributed by atoms with Crippen molar-refractivity contribution in [2.75, 3.05) is 13.2 Å². The van der Waals surface area contributed by atoms with Gasteiger partial charge >= 0.3 is 17.9 Å². The first kappa shape index (κ1) is 55.0. The van der Waals surface area contributed by atoms with Gasteiger partial charge in [0.05, 0.1) is 6.42 Å². The Morgan fingerprint density at radius 3 is 1.05 bits per heavy atom. The van der Waals surface area contributed by atoms with Crippen LogP contribution in [0.5, 0.6) is 0 Å². The number of ether oxygens (including phenoxy) is 3. The van der Waals surface area contributed by atoms with Crippen LogP contribution in [-0.2, 0) is 28.6 Å². The van der Waals surface area contributed by atoms with Gasteiger partial charge in [-0.3, -0.25) is 14.4 Å². The van der Waals surface area contributed by atoms with E-state index in [4.69, 9.17) is 14.2 Å². The molecule has 0 heterocycles. The molecule has 0 radical (unpaired) electrons. The Morgan fingerprint density at radius 1 is 0.350 bits per heavy atom. The van der Waals surface area contributed by atoms with Crippen LogP contribution in [0.3, 0.4) is 0 Å². The van der Waals surface area contributed by atoms with Gasteiger partial charge in [0.1, 0.15) is 13.2 Å². The lowest BCUT2D eigenvalue weighted by atomic mass is 10.2. The Bertz CT molecular complexity index is 1460. The molecule has 0 aromatic carbocycles. The summed E-state index contributed by atoms with van der Waals surface area (Å²) in [5, 5.41) is 0. The molecule has 0 aromatic rings. The molecule has 0 aromatic heterocycles. The highest BCUT2D eigenvalue weighted by Crippen LogP contribution is 2.07. The number of hydrogen-bond acceptors (Lipinski definition) is 6. The summed E-state index contributed by atoms with van der Waals surface area (Å²) >= 11 is 0. The molecule has 1 atom stereocenters. The lowest BCUT2D eigenvalue weighted by Gasteiger charge is -2.18. The largest absolute Gasteiger partial charge is 0.462 e. The predicted molar refractivity (Wildman–Crippen MR) is 255 cm³/mol. The zero-order chi connectivity index (χ0) is 43.7. The second-order valence-electron chi connectivity index (χ2n) is 13.8. The molecule has 6 nitrogen and oxygen atoms in total. The van der Waals surface area contributed by atoms with Crippen molar-refractivity contribution >= 4 is 17.9 Å². The molecule has 6 heteroatoms. The molecular formula is C54H78O6. The van der Waals surface area contributed by atoms with Gasteiger partial charge in [-0.25, -0.2) is 0 Å². The standard InChI is InChI=1S/C54H78O6/c1-4-7-10-13-16-19-21-23-25-27-29-30-32-35-38-41-44-47-53(56)59-50-51(49-58-52(55)46-43-40-37-34-18-15-12-9-6-3)60-54(57)48-45-42-39-36-33-31-28-26-24-22-20-17-14-11-8-5-2/h7-12,16-20,23-26,29-31,33-35,38-40,42-43,51H,4-6,13-15,21-22,27-28,32,36-37,41,44-50H2,1-3H3/b10-7-,11-8-,12-9-,19-16-,20-17-,25-23-,26-24-,30-29-,33-31-,34-18-,38-35-,42-39-,43-40-. The molecule has 0 aliphatic carbocycles. The van der Waals surface area contributed by atoms with E-state index in [1.165, 1.54) is 0 Å². The van der Waals surface area contributed by atoms with Crippen LogP contribution >= 0.6 is 0 Å². The lowest BCUT2D eigenvalue weighted by molar-refractivity contribution is -0.166. The van der Waals surface area contributed by atoms with Gasteiger partial charge < -0.3 is 14.2 Å². The second kappa shape index (κ2) is 46.7. The maximum absolute atomic E-state index is 12.7. The fourth-order valence-electron chi connectivity index (χ4n) is 5.05. The van der Waals surface area contributed by atoms with Crippen LogP contribution in [0.1, 0.15) is 143 Å². The molecule has 0 aliphatic rings. The molecule has 60 heavy (non-hydrogen) atoms. The summed E-state index contributed by atoms with van der Waals surface area (Å²) in [5.74, 6) is -1.26. The highest BCUT2D eigenvalue weighted by Gasteiger charge is 2.19. The number of carbonyl (C=O) groups excluding carboxylic acids is 3. The minimum atomic E-state index is -0.882. The number of unbranched alkanes of at least 4 members (excludes halogenated alkanes) is 1. The number of allylic oxidation sites excluding steroid dienone is 25. The van der Waals surface area contributed by atoms with Gasteiger partial charge in [0.15, 0.2) is 6.10 Å². The average molecular weight is 823 g/mol. The van der Waals surface area contributed by atoms with E-state index in [1.54, 1.807) is 6.08 Å². The molecule has 0 spiro atoms. The number of rotatable bonds is 37. The van der Waals surface area contributed by atoms with Crippen LogP contribution < -0.4 is 0 Å². The first-order chi connectivity index (χ1) is 29.5. The summed E-state index contributed by atoms with van der Waals surface area (Å²) in [5.41, 5.74) is 0. The molecule has 0 saturated heterocycles. The minimum absolute atomic E-state index is 0.101. The summed E-state index contributed by atoms with van der Waals surface area (Å²) in [6, 6.07) is 0. The Hall–Kier alpha value is -4.97. The Labute approximate surface area is 365 Å². The predicted octanol–water partition coefficient (Wildman–Crippen LogP) is 14.7. The lowest BCUT2D eigenvalue weighted by Crippen LogP contribution is -2.30. The Balaban J connectivity index is 4.67. The van der Waals surface area contributed by atoms with Gasteiger partial charge in [-0.15, -0.1) is 0 Å². The second-order valence-corrected chi connectivity index (χ2v) is 13.8. The van der Waals surface area contributed by atoms with E-state index in [-0.39, 0.29) is 38.4 Å². The minimum Gasteiger partial charge on any atom is -0.462 e. The van der Waals surface area contributed by atoms with Crippen molar-refractivity contribution < 1.29 is 28.6 Å². The van der Waals surface area contributed by atoms with Crippen molar-refractivity contribution in [3.8, 4) is 0 Å². The summed E-state index contributed by atoms with van der Waals surface area (Å²) in [6.45, 7) is 6.03. The zero-order valence-corrected chi connectivity index (χ0v) is 37.4. The quantitative estimate of drug-likeness (QED) is 0.0269. The molecule has 0 N–H and O–H groups in total. The third-order valence-electron chi connectivity index (χ3n) is 8.31. The molecule has 0 fully saturated rings. The fourth-order valence-corrected chi connectivity index (χ4v) is 5.05. The SMILES string of the molecule is CC/C=C\C/C=C\C/C=C\C/C=C\C/C=C\CCCC(=O)OCC(COC(=O)C/C=C\C/C=C\C/C=C\CC)OC(=O)CC/C=C\C/C=C\C/C=C\C/C=C\C/C=C\CC. The normalized spacial score (nSPS) is 13.6. The summed E-state index contributed by atoms with van der Waals surface area (Å²) in [7, 11) is 0. The van der Waals surface area contributed by atoms with Crippen LogP contribution in [0.4, 0.5) is 0 Å². The zero-order valence-electron chi connectivity index (χ0n) is 37.4. The van der Waals surface area contributed by atoms with E-state index in [0.29, 0.717) is 12.8 Å². The fraction of sp³-hybridized carbons (Fsp3) is 0.463. The van der Waals surface area contributed by atoms with Crippen molar-refractivity contribution in [1.29, 1.82) is 0 Å². The van der Waals surface area contributed by atoms with Gasteiger partial charge in [0.2, 0.25) is 0 Å². The summed E-state index contributed by atoms with van der Waals surface area (Å²) in [6.07, 6.45) is 68.5. The van der Waals surface area contributed by atoms with E-state index in [0.717, 1.165) is 89.9 Å². The number of hydrogen-bond donors (Lipinski definition) is 0. The molecule has 0 amide bonds. The number of esters is 3. The summed E-state index contributed by atoms with van der Waals surface area (Å²) in [4.78, 5) is 37.6. The van der Waals surface area contributed by atoms with Crippen LogP contribution in [0.15, 0.2) is 158 Å². The number of carbonyl (C=O) groups is 3. The highest BCUT2D eigenvalue weighted by atomic mass is 16.6. The maximum Gasteiger partial charge on any atom is 0.309 e. The van der Waals surface area contributed by atoms with Crippen LogP contribution in [0.25, 0.3) is 0 Å². The van der Waals surface area contributed by atoms with Gasteiger partial charge in [-0.2, -0.15) is 0 Å². The van der Waals surface area contributed by atoms with Crippen LogP contribution in [0.2, 0.25) is 0 Å². The smallest absolute Gasteiger partial charge is 0.309 e. The first-order valence-corrected chi connectivity index (χ1v) is 22.5. The van der Waals surface area contributed by atoms with Crippen LogP contribution in [-0.4, -0.2) is 37.2 Å². The third kappa shape index (κ3) is 44.1. The molecule has 1 unspecified atom stereocenters. The third-order valence-corrected chi connectivity index (χ3v) is 8.31. The van der Waals surface area contributed by atoms with E-state index in [2.05, 4.69) is 154 Å². The van der Waals surface area contributed by atoms with Gasteiger partial charge in [0.25, 0.3) is 0 Å². The van der Waals surface area contributed by atoms with Crippen molar-refractivity contribution in [3.05, 3.63) is 158 Å². The van der Waals surface area contributed by atoms with Crippen molar-refractivity contribution in [2.24, 2.45) is 0 Å². The molecule has 0 rings (SSSR count). The monoisotopic (exact) mass is 823 g/mol. The Kier molecular flexibility index (Phi) is 42.8. The highest BCUT2D eigenvalue weighted by molar-refractivity contribution is 5.72. The van der Waals surface area contributed by atoms with Crippen molar-refractivity contribution in [3.63, 3.8) is 0 Å². The van der Waals surface area contributed by atoms with E-state index in [1.807, 2.05) is 18.2 Å². The molecule has 0 aliphatic heterocycles. The van der Waals surface area contributed by atoms with Crippen molar-refractivity contribution in [1.82, 2.24) is 0 Å². The van der Waals surface area contributed by atoms with E-state index in [9.17, 15) is 14.4 Å². The average Bonchev–Trinajstić information content (AvgIpc) is 3.24. The van der Waals surface area contributed by atoms with Gasteiger partial charge in [0, 0.05) is 12.8 Å². The Morgan fingerprint density at radius 2 is 0.667 bits per heavy atom. The summed E-state index contributed by atoms with van der Waals surface area (Å²) < 4.78 is 16.4. The topological polar surface area (TPSA) is 78.9 Å². The van der Waals surface area contributed by atoms with Crippen LogP contribution in [0, 0.1) is 0 Å². The van der Waals surface area contributed by atoms with Crippen molar-refractivity contribution in [2.45, 2.75) is 149 Å². The van der Waals surface area contributed by atoms with Gasteiger partial charge in [-0.1, -0.05) is 179 Å². The van der Waals surface area contributed by atoms with E-state index < -0.39 is 18.0 Å². The van der Waals surface area contributed by atoms with Gasteiger partial charge in [-0.05, 0) is 103 Å². The molecule has 330 valence electrons.